The number of piperidine rings is 1. The lowest BCUT2D eigenvalue weighted by atomic mass is 10.0. The fourth-order valence-electron chi connectivity index (χ4n) is 6.98. The standard InChI is InChI=1S/C35H44N10O/c1-23-20-28(31(46-5)21-30(23)45-14-11-24(12-15-45)44-18-16-43(4)17-19-44)39-35-40-33-26(10-13-36-33)34(41-35)38-29-22-37-27-9-7-6-8-25(27)32(29)42(2)3/h6-10,13,20-22,24H,11-12,14-19H2,1-5H3,(H3,36,38,39,40,41). The fraction of sp³-hybridized carbons (Fsp3) is 0.400. The van der Waals surface area contributed by atoms with E-state index >= 15 is 0 Å². The summed E-state index contributed by atoms with van der Waals surface area (Å²) in [6.07, 6.45) is 6.12. The molecule has 2 aliphatic rings. The Balaban J connectivity index is 1.13. The highest BCUT2D eigenvalue weighted by molar-refractivity contribution is 6.00. The molecule has 11 heteroatoms. The van der Waals surface area contributed by atoms with Crippen molar-refractivity contribution in [2.45, 2.75) is 25.8 Å². The summed E-state index contributed by atoms with van der Waals surface area (Å²) in [6.45, 7) is 8.96. The number of hydrogen-bond donors (Lipinski definition) is 3. The summed E-state index contributed by atoms with van der Waals surface area (Å²) < 4.78 is 5.92. The average Bonchev–Trinajstić information content (AvgIpc) is 3.54. The van der Waals surface area contributed by atoms with Gasteiger partial charge in [-0.2, -0.15) is 9.97 Å². The Kier molecular flexibility index (Phi) is 8.27. The van der Waals surface area contributed by atoms with Crippen LogP contribution >= 0.6 is 0 Å². The van der Waals surface area contributed by atoms with Gasteiger partial charge in [0.05, 0.1) is 41.3 Å². The molecule has 3 N–H and O–H groups in total. The van der Waals surface area contributed by atoms with Crippen molar-refractivity contribution in [1.29, 1.82) is 0 Å². The van der Waals surface area contributed by atoms with Crippen LogP contribution in [0.15, 0.2) is 54.9 Å². The van der Waals surface area contributed by atoms with Gasteiger partial charge in [0.25, 0.3) is 0 Å². The minimum absolute atomic E-state index is 0.469. The van der Waals surface area contributed by atoms with Crippen LogP contribution in [0.5, 0.6) is 5.75 Å². The summed E-state index contributed by atoms with van der Waals surface area (Å²) in [5, 5.41) is 8.98. The van der Waals surface area contributed by atoms with Crippen molar-refractivity contribution in [3.8, 4) is 5.75 Å². The number of fused-ring (bicyclic) bond motifs is 2. The molecule has 5 aromatic rings. The first-order valence-electron chi connectivity index (χ1n) is 16.2. The topological polar surface area (TPSA) is 101 Å². The molecule has 0 aliphatic carbocycles. The molecule has 0 spiro atoms. The van der Waals surface area contributed by atoms with E-state index < -0.39 is 0 Å². The zero-order valence-electron chi connectivity index (χ0n) is 27.5. The lowest BCUT2D eigenvalue weighted by Gasteiger charge is -2.43. The third-order valence-corrected chi connectivity index (χ3v) is 9.49. The van der Waals surface area contributed by atoms with Gasteiger partial charge in [-0.15, -0.1) is 0 Å². The Hall–Kier alpha value is -4.61. The van der Waals surface area contributed by atoms with Crippen LogP contribution in [0.3, 0.4) is 0 Å². The second-order valence-corrected chi connectivity index (χ2v) is 12.7. The number of piperazine rings is 1. The van der Waals surface area contributed by atoms with E-state index in [1.54, 1.807) is 7.11 Å². The van der Waals surface area contributed by atoms with Gasteiger partial charge in [-0.3, -0.25) is 9.88 Å². The Bertz CT molecular complexity index is 1840. The summed E-state index contributed by atoms with van der Waals surface area (Å²) in [6, 6.07) is 15.1. The number of anilines is 6. The number of benzene rings is 2. The van der Waals surface area contributed by atoms with E-state index in [9.17, 15) is 0 Å². The molecule has 0 unspecified atom stereocenters. The quantitative estimate of drug-likeness (QED) is 0.204. The maximum Gasteiger partial charge on any atom is 0.231 e. The van der Waals surface area contributed by atoms with Crippen molar-refractivity contribution in [3.63, 3.8) is 0 Å². The fourth-order valence-corrected chi connectivity index (χ4v) is 6.98. The number of rotatable bonds is 8. The largest absolute Gasteiger partial charge is 0.494 e. The van der Waals surface area contributed by atoms with E-state index in [0.717, 1.165) is 57.8 Å². The smallest absolute Gasteiger partial charge is 0.231 e. The highest BCUT2D eigenvalue weighted by Gasteiger charge is 2.28. The van der Waals surface area contributed by atoms with Gasteiger partial charge >= 0.3 is 0 Å². The number of pyridine rings is 1. The average molecular weight is 621 g/mol. The van der Waals surface area contributed by atoms with Crippen molar-refractivity contribution in [1.82, 2.24) is 29.7 Å². The van der Waals surface area contributed by atoms with Crippen molar-refractivity contribution in [3.05, 3.63) is 60.4 Å². The number of ether oxygens (including phenoxy) is 1. The molecule has 0 atom stereocenters. The summed E-state index contributed by atoms with van der Waals surface area (Å²) in [5.41, 5.74) is 6.83. The molecular formula is C35H44N10O. The normalized spacial score (nSPS) is 16.7. The zero-order chi connectivity index (χ0) is 31.8. The Labute approximate surface area is 270 Å². The van der Waals surface area contributed by atoms with Crippen LogP contribution in [0, 0.1) is 6.92 Å². The van der Waals surface area contributed by atoms with E-state index in [0.29, 0.717) is 17.8 Å². The van der Waals surface area contributed by atoms with Gasteiger partial charge in [-0.05, 0) is 50.6 Å². The van der Waals surface area contributed by atoms with E-state index in [-0.39, 0.29) is 0 Å². The van der Waals surface area contributed by atoms with Crippen LogP contribution in [0.2, 0.25) is 0 Å². The Morgan fingerprint density at radius 3 is 2.46 bits per heavy atom. The second kappa shape index (κ2) is 12.6. The molecule has 2 aliphatic heterocycles. The first-order chi connectivity index (χ1) is 22.4. The van der Waals surface area contributed by atoms with Crippen molar-refractivity contribution in [2.24, 2.45) is 0 Å². The first kappa shape index (κ1) is 30.1. The molecule has 0 saturated carbocycles. The predicted molar refractivity (Wildman–Crippen MR) is 189 cm³/mol. The van der Waals surface area contributed by atoms with Gasteiger partial charge < -0.3 is 35.1 Å². The summed E-state index contributed by atoms with van der Waals surface area (Å²) in [4.78, 5) is 27.4. The molecule has 5 heterocycles. The van der Waals surface area contributed by atoms with Crippen molar-refractivity contribution >= 4 is 56.5 Å². The molecule has 46 heavy (non-hydrogen) atoms. The van der Waals surface area contributed by atoms with Gasteiger partial charge in [0.2, 0.25) is 5.95 Å². The second-order valence-electron chi connectivity index (χ2n) is 12.7. The lowest BCUT2D eigenvalue weighted by Crippen LogP contribution is -2.52. The molecular weight excluding hydrogens is 576 g/mol. The van der Waals surface area contributed by atoms with Crippen molar-refractivity contribution in [2.75, 3.05) is 88.0 Å². The van der Waals surface area contributed by atoms with E-state index in [1.807, 2.05) is 50.8 Å². The summed E-state index contributed by atoms with van der Waals surface area (Å²) in [7, 11) is 8.02. The molecule has 2 saturated heterocycles. The van der Waals surface area contributed by atoms with E-state index in [1.165, 1.54) is 50.3 Å². The number of aromatic nitrogens is 4. The van der Waals surface area contributed by atoms with Crippen LogP contribution in [-0.2, 0) is 0 Å². The predicted octanol–water partition coefficient (Wildman–Crippen LogP) is 5.59. The van der Waals surface area contributed by atoms with Crippen LogP contribution in [0.4, 0.5) is 34.5 Å². The van der Waals surface area contributed by atoms with Crippen molar-refractivity contribution < 1.29 is 4.74 Å². The summed E-state index contributed by atoms with van der Waals surface area (Å²) >= 11 is 0. The van der Waals surface area contributed by atoms with Crippen LogP contribution < -0.4 is 25.2 Å². The lowest BCUT2D eigenvalue weighted by molar-refractivity contribution is 0.0982. The number of methoxy groups -OCH3 is 1. The summed E-state index contributed by atoms with van der Waals surface area (Å²) in [5.74, 6) is 1.92. The molecule has 0 amide bonds. The van der Waals surface area contributed by atoms with E-state index in [2.05, 4.69) is 67.4 Å². The third-order valence-electron chi connectivity index (χ3n) is 9.49. The van der Waals surface area contributed by atoms with Gasteiger partial charge in [0.15, 0.2) is 0 Å². The molecule has 2 fully saturated rings. The number of nitrogens with zero attached hydrogens (tertiary/aromatic N) is 7. The molecule has 0 radical (unpaired) electrons. The zero-order valence-corrected chi connectivity index (χ0v) is 27.5. The maximum atomic E-state index is 5.92. The van der Waals surface area contributed by atoms with Gasteiger partial charge in [-0.25, -0.2) is 0 Å². The number of likely N-dealkylation sites (N-methyl/N-ethyl adjacent to an activating group) is 1. The minimum atomic E-state index is 0.469. The number of H-pyrrole nitrogens is 1. The molecule has 240 valence electrons. The molecule has 7 rings (SSSR count). The van der Waals surface area contributed by atoms with Crippen LogP contribution in [0.1, 0.15) is 18.4 Å². The van der Waals surface area contributed by atoms with Crippen LogP contribution in [0.25, 0.3) is 21.9 Å². The number of para-hydroxylation sites is 1. The number of aromatic amines is 1. The molecule has 0 bridgehead atoms. The highest BCUT2D eigenvalue weighted by atomic mass is 16.5. The van der Waals surface area contributed by atoms with Crippen LogP contribution in [-0.4, -0.2) is 103 Å². The molecule has 11 nitrogen and oxygen atoms in total. The highest BCUT2D eigenvalue weighted by Crippen LogP contribution is 2.38. The van der Waals surface area contributed by atoms with E-state index in [4.69, 9.17) is 19.7 Å². The number of hydrogen-bond acceptors (Lipinski definition) is 10. The Morgan fingerprint density at radius 2 is 1.70 bits per heavy atom. The van der Waals surface area contributed by atoms with Gasteiger partial charge in [0, 0.05) is 82.7 Å². The molecule has 3 aromatic heterocycles. The first-order valence-corrected chi connectivity index (χ1v) is 16.2. The third kappa shape index (κ3) is 5.88. The Morgan fingerprint density at radius 1 is 0.913 bits per heavy atom. The minimum Gasteiger partial charge on any atom is -0.494 e. The molecule has 2 aromatic carbocycles. The van der Waals surface area contributed by atoms with Gasteiger partial charge in [-0.1, -0.05) is 18.2 Å². The number of aryl methyl sites for hydroxylation is 1. The monoisotopic (exact) mass is 620 g/mol. The number of nitrogens with one attached hydrogen (secondary N) is 3. The maximum absolute atomic E-state index is 5.92. The van der Waals surface area contributed by atoms with Gasteiger partial charge in [0.1, 0.15) is 17.2 Å². The SMILES string of the molecule is COc1cc(N2CCC(N3CCN(C)CC3)CC2)c(C)cc1Nc1nc(Nc2cnc3ccccc3c2N(C)C)c2cc[nH]c2n1.